The summed E-state index contributed by atoms with van der Waals surface area (Å²) in [5.74, 6) is 0.591. The van der Waals surface area contributed by atoms with Crippen molar-refractivity contribution in [3.8, 4) is 11.8 Å². The normalized spacial score (nSPS) is 11.2. The number of nitrogens with zero attached hydrogens (tertiary/aromatic N) is 5. The number of halogens is 1. The zero-order chi connectivity index (χ0) is 18.7. The van der Waals surface area contributed by atoms with Crippen LogP contribution in [0.5, 0.6) is 5.88 Å². The van der Waals surface area contributed by atoms with E-state index in [4.69, 9.17) is 16.3 Å². The predicted octanol–water partition coefficient (Wildman–Crippen LogP) is 4.04. The molecule has 2 aromatic heterocycles. The molecule has 0 aliphatic carbocycles. The van der Waals surface area contributed by atoms with Crippen LogP contribution in [0, 0.1) is 13.8 Å². The number of hydrogen-bond acceptors (Lipinski definition) is 6. The van der Waals surface area contributed by atoms with E-state index in [0.717, 1.165) is 0 Å². The van der Waals surface area contributed by atoms with Crippen LogP contribution < -0.4 is 10.3 Å². The molecule has 0 bridgehead atoms. The summed E-state index contributed by atoms with van der Waals surface area (Å²) in [6, 6.07) is 8.53. The van der Waals surface area contributed by atoms with Crippen molar-refractivity contribution in [1.29, 1.82) is 0 Å². The largest absolute Gasteiger partial charge is 0.478 e. The minimum atomic E-state index is -0.395. The standard InChI is InChI=1S/C17H17ClN6O2/c1-4-26-14-9-10(2)19-17(20-14)24-16(25)15(11(3)23-24)22-21-13-7-5-12(18)6-8-13/h5-9,23H,4H2,1-3H3. The molecular formula is C17H17ClN6O2. The van der Waals surface area contributed by atoms with Crippen molar-refractivity contribution >= 4 is 23.0 Å². The van der Waals surface area contributed by atoms with Gasteiger partial charge in [0.05, 0.1) is 18.0 Å². The fraction of sp³-hybridized carbons (Fsp3) is 0.235. The maximum absolute atomic E-state index is 12.7. The third kappa shape index (κ3) is 3.80. The molecule has 3 aromatic rings. The quantitative estimate of drug-likeness (QED) is 0.683. The van der Waals surface area contributed by atoms with E-state index in [9.17, 15) is 4.79 Å². The third-order valence-electron chi connectivity index (χ3n) is 3.44. The lowest BCUT2D eigenvalue weighted by molar-refractivity contribution is 0.325. The summed E-state index contributed by atoms with van der Waals surface area (Å²) < 4.78 is 6.63. The topological polar surface area (TPSA) is 97.5 Å². The van der Waals surface area contributed by atoms with E-state index in [1.54, 1.807) is 44.2 Å². The first-order valence-corrected chi connectivity index (χ1v) is 8.33. The number of rotatable bonds is 5. The number of ether oxygens (including phenoxy) is 1. The monoisotopic (exact) mass is 372 g/mol. The van der Waals surface area contributed by atoms with E-state index >= 15 is 0 Å². The molecule has 0 saturated heterocycles. The van der Waals surface area contributed by atoms with Crippen LogP contribution in [0.2, 0.25) is 5.02 Å². The van der Waals surface area contributed by atoms with Crippen LogP contribution in [0.15, 0.2) is 45.4 Å². The number of aromatic amines is 1. The SMILES string of the molecule is CCOc1cc(C)nc(-n2[nH]c(C)c(N=Nc3ccc(Cl)cc3)c2=O)n1. The Morgan fingerprint density at radius 3 is 2.62 bits per heavy atom. The highest BCUT2D eigenvalue weighted by Crippen LogP contribution is 2.20. The highest BCUT2D eigenvalue weighted by molar-refractivity contribution is 6.30. The molecular weight excluding hydrogens is 356 g/mol. The molecule has 0 unspecified atom stereocenters. The van der Waals surface area contributed by atoms with Gasteiger partial charge in [0.2, 0.25) is 5.88 Å². The number of H-pyrrole nitrogens is 1. The van der Waals surface area contributed by atoms with E-state index < -0.39 is 5.56 Å². The average molecular weight is 373 g/mol. The Balaban J connectivity index is 1.98. The number of aryl methyl sites for hydroxylation is 2. The summed E-state index contributed by atoms with van der Waals surface area (Å²) in [4.78, 5) is 21.2. The number of benzene rings is 1. The fourth-order valence-electron chi connectivity index (χ4n) is 2.26. The van der Waals surface area contributed by atoms with E-state index in [1.807, 2.05) is 6.92 Å². The molecule has 0 spiro atoms. The molecule has 0 atom stereocenters. The van der Waals surface area contributed by atoms with Crippen molar-refractivity contribution in [1.82, 2.24) is 19.7 Å². The summed E-state index contributed by atoms with van der Waals surface area (Å²) >= 11 is 5.84. The molecule has 1 N–H and O–H groups in total. The summed E-state index contributed by atoms with van der Waals surface area (Å²) in [7, 11) is 0. The van der Waals surface area contributed by atoms with Crippen LogP contribution in [0.3, 0.4) is 0 Å². The Labute approximate surface area is 154 Å². The molecule has 0 radical (unpaired) electrons. The van der Waals surface area contributed by atoms with Crippen molar-refractivity contribution < 1.29 is 4.74 Å². The zero-order valence-electron chi connectivity index (χ0n) is 14.5. The van der Waals surface area contributed by atoms with Gasteiger partial charge in [-0.2, -0.15) is 14.8 Å². The Kier molecular flexibility index (Phi) is 5.13. The van der Waals surface area contributed by atoms with Gasteiger partial charge in [-0.15, -0.1) is 5.11 Å². The van der Waals surface area contributed by atoms with Crippen LogP contribution in [0.1, 0.15) is 18.3 Å². The fourth-order valence-corrected chi connectivity index (χ4v) is 2.38. The maximum Gasteiger partial charge on any atom is 0.301 e. The van der Waals surface area contributed by atoms with Gasteiger partial charge in [-0.1, -0.05) is 11.6 Å². The first-order valence-electron chi connectivity index (χ1n) is 7.95. The second kappa shape index (κ2) is 7.49. The first-order chi connectivity index (χ1) is 12.5. The second-order valence-electron chi connectivity index (χ2n) is 5.48. The van der Waals surface area contributed by atoms with Crippen LogP contribution in [0.25, 0.3) is 5.95 Å². The van der Waals surface area contributed by atoms with Crippen molar-refractivity contribution in [3.63, 3.8) is 0 Å². The number of azo groups is 1. The van der Waals surface area contributed by atoms with Crippen LogP contribution in [-0.2, 0) is 0 Å². The molecule has 134 valence electrons. The van der Waals surface area contributed by atoms with Gasteiger partial charge in [0.25, 0.3) is 5.95 Å². The molecule has 3 rings (SSSR count). The van der Waals surface area contributed by atoms with E-state index in [-0.39, 0.29) is 11.6 Å². The van der Waals surface area contributed by atoms with Crippen LogP contribution >= 0.6 is 11.6 Å². The Morgan fingerprint density at radius 1 is 1.19 bits per heavy atom. The Morgan fingerprint density at radius 2 is 1.92 bits per heavy atom. The summed E-state index contributed by atoms with van der Waals surface area (Å²) in [6.07, 6.45) is 0. The molecule has 0 amide bonds. The molecule has 26 heavy (non-hydrogen) atoms. The number of aromatic nitrogens is 4. The van der Waals surface area contributed by atoms with Gasteiger partial charge in [0.1, 0.15) is 0 Å². The molecule has 0 fully saturated rings. The van der Waals surface area contributed by atoms with Gasteiger partial charge < -0.3 is 4.74 Å². The molecule has 8 nitrogen and oxygen atoms in total. The van der Waals surface area contributed by atoms with Gasteiger partial charge in [-0.25, -0.2) is 4.98 Å². The predicted molar refractivity (Wildman–Crippen MR) is 98.3 cm³/mol. The molecule has 0 aliphatic rings. The van der Waals surface area contributed by atoms with E-state index in [1.165, 1.54) is 4.68 Å². The maximum atomic E-state index is 12.7. The van der Waals surface area contributed by atoms with Gasteiger partial charge in [0, 0.05) is 16.8 Å². The minimum absolute atomic E-state index is 0.183. The Hall–Kier alpha value is -3.00. The molecule has 1 aromatic carbocycles. The second-order valence-corrected chi connectivity index (χ2v) is 5.92. The lowest BCUT2D eigenvalue weighted by Crippen LogP contribution is -2.18. The zero-order valence-corrected chi connectivity index (χ0v) is 15.3. The molecule has 0 aliphatic heterocycles. The van der Waals surface area contributed by atoms with Gasteiger partial charge in [-0.3, -0.25) is 9.89 Å². The highest BCUT2D eigenvalue weighted by Gasteiger charge is 2.15. The molecule has 9 heteroatoms. The highest BCUT2D eigenvalue weighted by atomic mass is 35.5. The van der Waals surface area contributed by atoms with Gasteiger partial charge in [0.15, 0.2) is 5.69 Å². The average Bonchev–Trinajstić information content (AvgIpc) is 2.89. The van der Waals surface area contributed by atoms with Crippen molar-refractivity contribution in [2.75, 3.05) is 6.61 Å². The van der Waals surface area contributed by atoms with Gasteiger partial charge in [-0.05, 0) is 45.0 Å². The Bertz CT molecular complexity index is 1010. The first kappa shape index (κ1) is 17.8. The minimum Gasteiger partial charge on any atom is -0.478 e. The third-order valence-corrected chi connectivity index (χ3v) is 3.70. The number of hydrogen-bond donors (Lipinski definition) is 1. The lowest BCUT2D eigenvalue weighted by atomic mass is 10.3. The smallest absolute Gasteiger partial charge is 0.301 e. The van der Waals surface area contributed by atoms with Gasteiger partial charge >= 0.3 is 5.56 Å². The number of nitrogens with one attached hydrogen (secondary N) is 1. The van der Waals surface area contributed by atoms with Crippen LogP contribution in [-0.4, -0.2) is 26.4 Å². The summed E-state index contributed by atoms with van der Waals surface area (Å²) in [6.45, 7) is 5.86. The summed E-state index contributed by atoms with van der Waals surface area (Å²) in [5.41, 5.74) is 1.61. The summed E-state index contributed by atoms with van der Waals surface area (Å²) in [5, 5.41) is 11.7. The van der Waals surface area contributed by atoms with Crippen molar-refractivity contribution in [3.05, 3.63) is 57.1 Å². The van der Waals surface area contributed by atoms with E-state index in [2.05, 4.69) is 25.3 Å². The molecule has 2 heterocycles. The lowest BCUT2D eigenvalue weighted by Gasteiger charge is -2.05. The van der Waals surface area contributed by atoms with E-state index in [0.29, 0.717) is 34.6 Å². The molecule has 0 saturated carbocycles. The van der Waals surface area contributed by atoms with Crippen molar-refractivity contribution in [2.45, 2.75) is 20.8 Å². The van der Waals surface area contributed by atoms with Crippen LogP contribution in [0.4, 0.5) is 11.4 Å². The van der Waals surface area contributed by atoms with Crippen molar-refractivity contribution in [2.24, 2.45) is 10.2 Å².